The van der Waals surface area contributed by atoms with Crippen molar-refractivity contribution in [3.8, 4) is 0 Å². The van der Waals surface area contributed by atoms with Crippen molar-refractivity contribution >= 4 is 11.6 Å². The Balaban J connectivity index is 3.20. The van der Waals surface area contributed by atoms with Crippen LogP contribution >= 0.6 is 11.6 Å². The highest BCUT2D eigenvalue weighted by atomic mass is 35.5. The summed E-state index contributed by atoms with van der Waals surface area (Å²) in [5.74, 6) is 0. The first kappa shape index (κ1) is 10.0. The summed E-state index contributed by atoms with van der Waals surface area (Å²) in [6, 6.07) is 0. The molecule has 1 heteroatoms. The molecule has 0 unspecified atom stereocenters. The highest BCUT2D eigenvalue weighted by molar-refractivity contribution is 6.23. The van der Waals surface area contributed by atoms with Gasteiger partial charge in [0.15, 0.2) is 0 Å². The molecule has 0 aromatic rings. The van der Waals surface area contributed by atoms with Gasteiger partial charge in [0.05, 0.1) is 0 Å². The molecule has 0 atom stereocenters. The third kappa shape index (κ3) is 8.03. The molecule has 0 rings (SSSR count). The van der Waals surface area contributed by atoms with Crippen LogP contribution in [0.2, 0.25) is 0 Å². The monoisotopic (exact) mass is 160 g/mol. The van der Waals surface area contributed by atoms with E-state index >= 15 is 0 Å². The minimum Gasteiger partial charge on any atom is -0.120 e. The van der Waals surface area contributed by atoms with E-state index in [1.54, 1.807) is 0 Å². The fourth-order valence-corrected chi connectivity index (χ4v) is 0.941. The van der Waals surface area contributed by atoms with Gasteiger partial charge in [-0.25, -0.2) is 0 Å². The van der Waals surface area contributed by atoms with Gasteiger partial charge in [0.25, 0.3) is 0 Å². The number of rotatable bonds is 4. The second-order valence-corrected chi connectivity index (χ2v) is 4.20. The van der Waals surface area contributed by atoms with Crippen molar-refractivity contribution in [3.63, 3.8) is 0 Å². The Hall–Kier alpha value is 0.0300. The number of unbranched alkanes of at least 4 members (excludes halogenated alkanes) is 1. The minimum atomic E-state index is -0.0123. The number of hydrogen-bond donors (Lipinski definition) is 0. The van der Waals surface area contributed by atoms with Crippen LogP contribution < -0.4 is 0 Å². The van der Waals surface area contributed by atoms with Crippen molar-refractivity contribution in [1.82, 2.24) is 0 Å². The van der Waals surface area contributed by atoms with E-state index in [9.17, 15) is 0 Å². The summed E-state index contributed by atoms with van der Waals surface area (Å²) in [5, 5.41) is 0. The molecule has 0 bridgehead atoms. The van der Waals surface area contributed by atoms with Crippen LogP contribution in [0.5, 0.6) is 0 Å². The van der Waals surface area contributed by atoms with E-state index in [2.05, 4.69) is 26.0 Å². The van der Waals surface area contributed by atoms with E-state index in [-0.39, 0.29) is 4.87 Å². The lowest BCUT2D eigenvalue weighted by atomic mass is 10.1. The molecule has 0 aliphatic rings. The van der Waals surface area contributed by atoms with E-state index in [1.165, 1.54) is 6.42 Å². The first-order chi connectivity index (χ1) is 4.56. The SMILES string of the molecule is C/C=C\CCCC(C)(C)Cl. The molecule has 0 saturated heterocycles. The molecule has 0 fully saturated rings. The number of hydrogen-bond acceptors (Lipinski definition) is 0. The van der Waals surface area contributed by atoms with Gasteiger partial charge >= 0.3 is 0 Å². The molecule has 0 aromatic heterocycles. The number of allylic oxidation sites excluding steroid dienone is 2. The third-order valence-electron chi connectivity index (χ3n) is 1.38. The van der Waals surface area contributed by atoms with Gasteiger partial charge in [-0.05, 0) is 40.0 Å². The zero-order chi connectivity index (χ0) is 8.04. The first-order valence-corrected chi connectivity index (χ1v) is 4.24. The summed E-state index contributed by atoms with van der Waals surface area (Å²) in [6.45, 7) is 6.17. The van der Waals surface area contributed by atoms with Crippen molar-refractivity contribution in [3.05, 3.63) is 12.2 Å². The van der Waals surface area contributed by atoms with E-state index in [1.807, 2.05) is 6.92 Å². The molecule has 0 aliphatic carbocycles. The quantitative estimate of drug-likeness (QED) is 0.334. The molecule has 0 amide bonds. The summed E-state index contributed by atoms with van der Waals surface area (Å²) in [7, 11) is 0. The fraction of sp³-hybridized carbons (Fsp3) is 0.778. The highest BCUT2D eigenvalue weighted by Gasteiger charge is 2.10. The van der Waals surface area contributed by atoms with Gasteiger partial charge < -0.3 is 0 Å². The Labute approximate surface area is 69.3 Å². The van der Waals surface area contributed by atoms with Gasteiger partial charge in [-0.2, -0.15) is 0 Å². The molecule has 0 N–H and O–H groups in total. The standard InChI is InChI=1S/C9H17Cl/c1-4-5-6-7-8-9(2,3)10/h4-5H,6-8H2,1-3H3/b5-4-. The molecule has 0 saturated carbocycles. The molecule has 0 heterocycles. The molecule has 0 aromatic carbocycles. The van der Waals surface area contributed by atoms with Crippen LogP contribution in [0.3, 0.4) is 0 Å². The predicted octanol–water partition coefficient (Wildman–Crippen LogP) is 3.75. The first-order valence-electron chi connectivity index (χ1n) is 3.86. The van der Waals surface area contributed by atoms with Crippen LogP contribution in [0.1, 0.15) is 40.0 Å². The largest absolute Gasteiger partial charge is 0.120 e. The van der Waals surface area contributed by atoms with Crippen molar-refractivity contribution < 1.29 is 0 Å². The zero-order valence-corrected chi connectivity index (χ0v) is 7.91. The third-order valence-corrected chi connectivity index (χ3v) is 1.57. The summed E-state index contributed by atoms with van der Waals surface area (Å²) >= 11 is 5.99. The van der Waals surface area contributed by atoms with Crippen molar-refractivity contribution in [2.75, 3.05) is 0 Å². The molecular formula is C9H17Cl. The Morgan fingerprint density at radius 1 is 1.40 bits per heavy atom. The van der Waals surface area contributed by atoms with Gasteiger partial charge in [-0.1, -0.05) is 12.2 Å². The second kappa shape index (κ2) is 4.79. The molecule has 0 spiro atoms. The Kier molecular flexibility index (Phi) is 4.80. The lowest BCUT2D eigenvalue weighted by Crippen LogP contribution is -2.08. The highest BCUT2D eigenvalue weighted by Crippen LogP contribution is 2.20. The van der Waals surface area contributed by atoms with Crippen molar-refractivity contribution in [2.24, 2.45) is 0 Å². The summed E-state index contributed by atoms with van der Waals surface area (Å²) in [4.78, 5) is -0.0123. The predicted molar refractivity (Wildman–Crippen MR) is 48.6 cm³/mol. The van der Waals surface area contributed by atoms with Gasteiger partial charge in [0.1, 0.15) is 0 Å². The van der Waals surface area contributed by atoms with E-state index in [4.69, 9.17) is 11.6 Å². The number of alkyl halides is 1. The van der Waals surface area contributed by atoms with Crippen LogP contribution in [0, 0.1) is 0 Å². The van der Waals surface area contributed by atoms with E-state index in [0.717, 1.165) is 12.8 Å². The molecule has 10 heavy (non-hydrogen) atoms. The molecule has 0 nitrogen and oxygen atoms in total. The van der Waals surface area contributed by atoms with Crippen LogP contribution in [-0.4, -0.2) is 4.87 Å². The zero-order valence-electron chi connectivity index (χ0n) is 7.15. The van der Waals surface area contributed by atoms with Crippen LogP contribution in [0.4, 0.5) is 0 Å². The van der Waals surface area contributed by atoms with Crippen LogP contribution in [0.15, 0.2) is 12.2 Å². The maximum Gasteiger partial charge on any atom is 0.0390 e. The topological polar surface area (TPSA) is 0 Å². The smallest absolute Gasteiger partial charge is 0.0390 e. The van der Waals surface area contributed by atoms with Crippen molar-refractivity contribution in [1.29, 1.82) is 0 Å². The second-order valence-electron chi connectivity index (χ2n) is 3.18. The van der Waals surface area contributed by atoms with Crippen molar-refractivity contribution in [2.45, 2.75) is 44.9 Å². The summed E-state index contributed by atoms with van der Waals surface area (Å²) < 4.78 is 0. The minimum absolute atomic E-state index is 0.0123. The molecular weight excluding hydrogens is 144 g/mol. The van der Waals surface area contributed by atoms with E-state index < -0.39 is 0 Å². The Morgan fingerprint density at radius 2 is 2.00 bits per heavy atom. The normalized spacial score (nSPS) is 12.8. The maximum atomic E-state index is 5.99. The molecule has 0 aliphatic heterocycles. The Bertz CT molecular complexity index is 97.8. The molecule has 60 valence electrons. The van der Waals surface area contributed by atoms with Gasteiger partial charge in [-0.3, -0.25) is 0 Å². The van der Waals surface area contributed by atoms with Crippen LogP contribution in [-0.2, 0) is 0 Å². The van der Waals surface area contributed by atoms with Gasteiger partial charge in [-0.15, -0.1) is 11.6 Å². The lowest BCUT2D eigenvalue weighted by Gasteiger charge is -2.13. The molecule has 0 radical (unpaired) electrons. The van der Waals surface area contributed by atoms with E-state index in [0.29, 0.717) is 0 Å². The summed E-state index contributed by atoms with van der Waals surface area (Å²) in [5.41, 5.74) is 0. The average molecular weight is 161 g/mol. The Morgan fingerprint density at radius 3 is 2.40 bits per heavy atom. The maximum absolute atomic E-state index is 5.99. The lowest BCUT2D eigenvalue weighted by molar-refractivity contribution is 0.596. The summed E-state index contributed by atoms with van der Waals surface area (Å²) in [6.07, 6.45) is 7.72. The average Bonchev–Trinajstić information content (AvgIpc) is 1.78. The van der Waals surface area contributed by atoms with Gasteiger partial charge in [0, 0.05) is 4.87 Å². The fourth-order valence-electron chi connectivity index (χ4n) is 0.807. The van der Waals surface area contributed by atoms with Gasteiger partial charge in [0.2, 0.25) is 0 Å². The van der Waals surface area contributed by atoms with Crippen LogP contribution in [0.25, 0.3) is 0 Å². The number of halogens is 1.